The van der Waals surface area contributed by atoms with Crippen molar-refractivity contribution in [2.75, 3.05) is 31.1 Å². The molecule has 1 saturated carbocycles. The Morgan fingerprint density at radius 1 is 1.26 bits per heavy atom. The fourth-order valence-electron chi connectivity index (χ4n) is 3.32. The maximum Gasteiger partial charge on any atom is 0.238 e. The topological polar surface area (TPSA) is 68.5 Å². The summed E-state index contributed by atoms with van der Waals surface area (Å²) in [6, 6.07) is 3.79. The number of pyridine rings is 1. The van der Waals surface area contributed by atoms with Crippen LogP contribution in [0.3, 0.4) is 0 Å². The zero-order valence-electron chi connectivity index (χ0n) is 17.5. The van der Waals surface area contributed by atoms with Crippen molar-refractivity contribution in [1.82, 2.24) is 4.98 Å². The molecule has 1 atom stereocenters. The molecule has 1 saturated heterocycles. The van der Waals surface area contributed by atoms with E-state index in [4.69, 9.17) is 10.5 Å². The summed E-state index contributed by atoms with van der Waals surface area (Å²) < 4.78 is 5.86. The van der Waals surface area contributed by atoms with Gasteiger partial charge in [0.2, 0.25) is 5.88 Å². The molecule has 2 N–H and O–H groups in total. The molecule has 1 aromatic heterocycles. The number of ketones is 1. The summed E-state index contributed by atoms with van der Waals surface area (Å²) in [4.78, 5) is 18.2. The van der Waals surface area contributed by atoms with E-state index in [0.717, 1.165) is 37.8 Å². The first-order valence-corrected chi connectivity index (χ1v) is 10.5. The highest BCUT2D eigenvalue weighted by molar-refractivity contribution is 5.92. The largest absolute Gasteiger partial charge is 0.476 e. The van der Waals surface area contributed by atoms with E-state index in [9.17, 15) is 4.79 Å². The Labute approximate surface area is 164 Å². The van der Waals surface area contributed by atoms with E-state index in [1.807, 2.05) is 6.07 Å². The van der Waals surface area contributed by atoms with Crippen LogP contribution >= 0.6 is 0 Å². The van der Waals surface area contributed by atoms with Crippen molar-refractivity contribution < 1.29 is 9.53 Å². The van der Waals surface area contributed by atoms with E-state index < -0.39 is 0 Å². The van der Waals surface area contributed by atoms with Gasteiger partial charge in [0.05, 0.1) is 12.3 Å². The van der Waals surface area contributed by atoms with E-state index in [0.29, 0.717) is 23.4 Å². The first-order chi connectivity index (χ1) is 12.9. The predicted octanol–water partition coefficient (Wildman–Crippen LogP) is 4.30. The minimum atomic E-state index is -0.00996. The van der Waals surface area contributed by atoms with Crippen molar-refractivity contribution in [3.05, 3.63) is 17.8 Å². The van der Waals surface area contributed by atoms with Crippen LogP contribution in [0.15, 0.2) is 12.1 Å². The van der Waals surface area contributed by atoms with Crippen LogP contribution < -0.4 is 15.4 Å². The van der Waals surface area contributed by atoms with Gasteiger partial charge in [0.15, 0.2) is 5.78 Å². The highest BCUT2D eigenvalue weighted by Crippen LogP contribution is 2.33. The first-order valence-electron chi connectivity index (χ1n) is 10.5. The molecular formula is C22H37N3O2. The first kappa shape index (κ1) is 21.7. The number of hydrogen-bond donors (Lipinski definition) is 1. The number of hydrogen-bond acceptors (Lipinski definition) is 5. The lowest BCUT2D eigenvalue weighted by Gasteiger charge is -2.20. The molecule has 1 unspecified atom stereocenters. The minimum Gasteiger partial charge on any atom is -0.476 e. The number of rotatable bonds is 8. The highest BCUT2D eigenvalue weighted by atomic mass is 16.5. The van der Waals surface area contributed by atoms with E-state index in [2.05, 4.69) is 30.7 Å². The zero-order valence-corrected chi connectivity index (χ0v) is 17.5. The van der Waals surface area contributed by atoms with Gasteiger partial charge in [-0.25, -0.2) is 4.98 Å². The van der Waals surface area contributed by atoms with Gasteiger partial charge in [-0.2, -0.15) is 0 Å². The van der Waals surface area contributed by atoms with Crippen LogP contribution in [0, 0.1) is 17.8 Å². The van der Waals surface area contributed by atoms with Crippen LogP contribution in [0.1, 0.15) is 70.3 Å². The van der Waals surface area contributed by atoms with Crippen LogP contribution in [-0.2, 0) is 0 Å². The maximum absolute atomic E-state index is 11.4. The van der Waals surface area contributed by atoms with Gasteiger partial charge in [0.1, 0.15) is 5.69 Å². The lowest BCUT2D eigenvalue weighted by Crippen LogP contribution is -2.20. The lowest BCUT2D eigenvalue weighted by molar-refractivity contribution is 0.101. The Kier molecular flexibility index (Phi) is 8.55. The van der Waals surface area contributed by atoms with Crippen molar-refractivity contribution in [1.29, 1.82) is 0 Å². The monoisotopic (exact) mass is 375 g/mol. The van der Waals surface area contributed by atoms with Crippen LogP contribution in [0.5, 0.6) is 5.88 Å². The number of Topliss-reactive ketones (excluding diaryl/α,β-unsaturated/α-hetero) is 1. The molecule has 152 valence electrons. The number of nitrogens with zero attached hydrogens (tertiary/aromatic N) is 2. The number of carbonyl (C=O) groups excluding carboxylic acids is 1. The number of ether oxygens (including phenoxy) is 1. The van der Waals surface area contributed by atoms with Crippen LogP contribution in [-0.4, -0.2) is 37.0 Å². The smallest absolute Gasteiger partial charge is 0.238 e. The Hall–Kier alpha value is -1.62. The molecule has 1 aliphatic carbocycles. The molecule has 0 bridgehead atoms. The third-order valence-corrected chi connectivity index (χ3v) is 5.08. The van der Waals surface area contributed by atoms with E-state index in [1.54, 1.807) is 13.0 Å². The second-order valence-electron chi connectivity index (χ2n) is 8.50. The number of carbonyl (C=O) groups is 1. The average molecular weight is 376 g/mol. The summed E-state index contributed by atoms with van der Waals surface area (Å²) in [5, 5.41) is 0. The predicted molar refractivity (Wildman–Crippen MR) is 112 cm³/mol. The highest BCUT2D eigenvalue weighted by Gasteiger charge is 2.24. The van der Waals surface area contributed by atoms with Crippen molar-refractivity contribution >= 4 is 11.5 Å². The third-order valence-electron chi connectivity index (χ3n) is 5.08. The van der Waals surface area contributed by atoms with E-state index in [-0.39, 0.29) is 5.78 Å². The van der Waals surface area contributed by atoms with Crippen LogP contribution in [0.25, 0.3) is 0 Å². The van der Waals surface area contributed by atoms with Crippen LogP contribution in [0.4, 0.5) is 5.69 Å². The summed E-state index contributed by atoms with van der Waals surface area (Å²) in [6.45, 7) is 11.9. The van der Waals surface area contributed by atoms with Crippen molar-refractivity contribution in [2.45, 2.75) is 59.8 Å². The Morgan fingerprint density at radius 2 is 1.93 bits per heavy atom. The molecule has 5 heteroatoms. The van der Waals surface area contributed by atoms with Gasteiger partial charge in [0.25, 0.3) is 0 Å². The third kappa shape index (κ3) is 7.49. The van der Waals surface area contributed by atoms with Gasteiger partial charge in [-0.05, 0) is 68.5 Å². The number of aromatic nitrogens is 1. The maximum atomic E-state index is 11.4. The van der Waals surface area contributed by atoms with Gasteiger partial charge in [-0.1, -0.05) is 20.8 Å². The normalized spacial score (nSPS) is 17.5. The Balaban J connectivity index is 0.000000279. The molecule has 0 radical (unpaired) electrons. The van der Waals surface area contributed by atoms with E-state index >= 15 is 0 Å². The lowest BCUT2D eigenvalue weighted by atomic mass is 9.99. The molecule has 0 amide bonds. The quantitative estimate of drug-likeness (QED) is 0.686. The van der Waals surface area contributed by atoms with Gasteiger partial charge in [0, 0.05) is 20.0 Å². The second-order valence-corrected chi connectivity index (χ2v) is 8.50. The fourth-order valence-corrected chi connectivity index (χ4v) is 3.32. The zero-order chi connectivity index (χ0) is 19.8. The second kappa shape index (κ2) is 10.6. The van der Waals surface area contributed by atoms with Crippen LogP contribution in [0.2, 0.25) is 0 Å². The molecule has 27 heavy (non-hydrogen) atoms. The molecule has 3 rings (SSSR count). The summed E-state index contributed by atoms with van der Waals surface area (Å²) in [5.74, 6) is 2.82. The molecule has 0 aromatic carbocycles. The summed E-state index contributed by atoms with van der Waals surface area (Å²) in [5.41, 5.74) is 6.96. The summed E-state index contributed by atoms with van der Waals surface area (Å²) in [7, 11) is 0. The molecular weight excluding hydrogens is 338 g/mol. The minimum absolute atomic E-state index is 0.00996. The molecule has 2 fully saturated rings. The summed E-state index contributed by atoms with van der Waals surface area (Å²) >= 11 is 0. The molecule has 0 spiro atoms. The van der Waals surface area contributed by atoms with Gasteiger partial charge < -0.3 is 15.4 Å². The SMILES string of the molecule is CC(=O)c1ccc(N2CCCC2)c(OCC2CC2)n1.CC(C)CC(C)CN. The van der Waals surface area contributed by atoms with E-state index in [1.165, 1.54) is 32.1 Å². The molecule has 5 nitrogen and oxygen atoms in total. The Bertz CT molecular complexity index is 593. The molecule has 2 heterocycles. The average Bonchev–Trinajstić information content (AvgIpc) is 3.31. The number of anilines is 1. The van der Waals surface area contributed by atoms with Crippen molar-refractivity contribution in [3.8, 4) is 5.88 Å². The molecule has 1 aliphatic heterocycles. The number of nitrogens with two attached hydrogens (primary N) is 1. The van der Waals surface area contributed by atoms with Crippen molar-refractivity contribution in [3.63, 3.8) is 0 Å². The van der Waals surface area contributed by atoms with Gasteiger partial charge in [-0.3, -0.25) is 4.79 Å². The van der Waals surface area contributed by atoms with Gasteiger partial charge >= 0.3 is 0 Å². The van der Waals surface area contributed by atoms with Crippen molar-refractivity contribution in [2.24, 2.45) is 23.5 Å². The summed E-state index contributed by atoms with van der Waals surface area (Å²) in [6.07, 6.45) is 6.21. The molecule has 1 aromatic rings. The molecule has 2 aliphatic rings. The fraction of sp³-hybridized carbons (Fsp3) is 0.727. The Morgan fingerprint density at radius 3 is 2.41 bits per heavy atom. The van der Waals surface area contributed by atoms with Gasteiger partial charge in [-0.15, -0.1) is 0 Å². The standard InChI is InChI=1S/C15H20N2O2.C7H17N/c1-11(18)13-6-7-14(17-8-2-3-9-17)15(16-13)19-10-12-4-5-12;1-6(2)4-7(3)5-8/h6-7,12H,2-5,8-10H2,1H3;6-7H,4-5,8H2,1-3H3.